The fourth-order valence-corrected chi connectivity index (χ4v) is 2.65. The SMILES string of the molecule is CCCN(CCC)c1nc(CCCCOCCN)nc(N(C)CC(N)=O)n1. The van der Waals surface area contributed by atoms with E-state index in [-0.39, 0.29) is 6.54 Å². The normalized spacial score (nSPS) is 10.8. The van der Waals surface area contributed by atoms with E-state index in [1.54, 1.807) is 11.9 Å². The molecule has 9 heteroatoms. The Morgan fingerprint density at radius 1 is 1.04 bits per heavy atom. The van der Waals surface area contributed by atoms with E-state index in [2.05, 4.69) is 33.7 Å². The highest BCUT2D eigenvalue weighted by Crippen LogP contribution is 2.15. The van der Waals surface area contributed by atoms with E-state index in [4.69, 9.17) is 16.2 Å². The lowest BCUT2D eigenvalue weighted by atomic mass is 10.2. The third-order valence-electron chi connectivity index (χ3n) is 3.86. The van der Waals surface area contributed by atoms with Gasteiger partial charge in [0.25, 0.3) is 0 Å². The number of primary amides is 1. The fourth-order valence-electron chi connectivity index (χ4n) is 2.65. The van der Waals surface area contributed by atoms with Crippen LogP contribution in [0.25, 0.3) is 0 Å². The number of carbonyl (C=O) groups excluding carboxylic acids is 1. The molecular formula is C18H35N7O2. The number of anilines is 2. The maximum absolute atomic E-state index is 11.3. The van der Waals surface area contributed by atoms with Crippen LogP contribution in [0.5, 0.6) is 0 Å². The van der Waals surface area contributed by atoms with Gasteiger partial charge >= 0.3 is 0 Å². The number of hydrogen-bond acceptors (Lipinski definition) is 8. The molecule has 0 spiro atoms. The fraction of sp³-hybridized carbons (Fsp3) is 0.778. The van der Waals surface area contributed by atoms with Crippen molar-refractivity contribution >= 4 is 17.8 Å². The molecule has 1 rings (SSSR count). The van der Waals surface area contributed by atoms with Gasteiger partial charge in [0, 0.05) is 39.7 Å². The Balaban J connectivity index is 2.91. The van der Waals surface area contributed by atoms with Crippen LogP contribution in [0.4, 0.5) is 11.9 Å². The van der Waals surface area contributed by atoms with E-state index in [1.165, 1.54) is 0 Å². The molecule has 1 amide bonds. The van der Waals surface area contributed by atoms with Crippen LogP contribution in [-0.4, -0.2) is 67.3 Å². The molecule has 0 aliphatic carbocycles. The van der Waals surface area contributed by atoms with Gasteiger partial charge in [-0.15, -0.1) is 0 Å². The highest BCUT2D eigenvalue weighted by molar-refractivity contribution is 5.78. The number of rotatable bonds is 15. The number of likely N-dealkylation sites (N-methyl/N-ethyl adjacent to an activating group) is 1. The number of aromatic nitrogens is 3. The number of unbranched alkanes of at least 4 members (excludes halogenated alkanes) is 1. The third-order valence-corrected chi connectivity index (χ3v) is 3.86. The first-order chi connectivity index (χ1) is 13.0. The lowest BCUT2D eigenvalue weighted by Crippen LogP contribution is -2.33. The van der Waals surface area contributed by atoms with E-state index in [0.717, 1.165) is 51.0 Å². The summed E-state index contributed by atoms with van der Waals surface area (Å²) in [6.07, 6.45) is 4.57. The van der Waals surface area contributed by atoms with E-state index in [9.17, 15) is 4.79 Å². The van der Waals surface area contributed by atoms with Crippen molar-refractivity contribution < 1.29 is 9.53 Å². The van der Waals surface area contributed by atoms with Gasteiger partial charge in [-0.1, -0.05) is 13.8 Å². The second-order valence-corrected chi connectivity index (χ2v) is 6.52. The van der Waals surface area contributed by atoms with Gasteiger partial charge in [0.15, 0.2) is 0 Å². The summed E-state index contributed by atoms with van der Waals surface area (Å²) in [4.78, 5) is 28.9. The lowest BCUT2D eigenvalue weighted by Gasteiger charge is -2.24. The van der Waals surface area contributed by atoms with Crippen molar-refractivity contribution in [2.24, 2.45) is 11.5 Å². The van der Waals surface area contributed by atoms with Gasteiger partial charge in [-0.25, -0.2) is 0 Å². The standard InChI is InChI=1S/C18H35N7O2/c1-4-10-25(11-5-2)18-22-16(8-6-7-12-27-13-9-19)21-17(23-18)24(3)14-15(20)26/h4-14,19H2,1-3H3,(H2,20,26). The summed E-state index contributed by atoms with van der Waals surface area (Å²) < 4.78 is 5.41. The zero-order chi connectivity index (χ0) is 20.1. The number of carbonyl (C=O) groups is 1. The minimum absolute atomic E-state index is 0.0668. The highest BCUT2D eigenvalue weighted by Gasteiger charge is 2.16. The Hall–Kier alpha value is -2.00. The Bertz CT molecular complexity index is 551. The van der Waals surface area contributed by atoms with Crippen molar-refractivity contribution in [3.63, 3.8) is 0 Å². The summed E-state index contributed by atoms with van der Waals surface area (Å²) in [7, 11) is 1.76. The molecule has 0 aromatic carbocycles. The molecule has 0 atom stereocenters. The van der Waals surface area contributed by atoms with Crippen molar-refractivity contribution in [1.29, 1.82) is 0 Å². The van der Waals surface area contributed by atoms with E-state index in [0.29, 0.717) is 31.7 Å². The van der Waals surface area contributed by atoms with Gasteiger partial charge in [0.1, 0.15) is 5.82 Å². The van der Waals surface area contributed by atoms with Crippen LogP contribution >= 0.6 is 0 Å². The summed E-state index contributed by atoms with van der Waals surface area (Å²) in [5.74, 6) is 1.44. The van der Waals surface area contributed by atoms with Gasteiger partial charge in [-0.3, -0.25) is 4.79 Å². The van der Waals surface area contributed by atoms with Gasteiger partial charge in [0.05, 0.1) is 13.2 Å². The summed E-state index contributed by atoms with van der Waals surface area (Å²) in [6, 6.07) is 0. The smallest absolute Gasteiger partial charge is 0.237 e. The molecule has 1 heterocycles. The second kappa shape index (κ2) is 13.2. The van der Waals surface area contributed by atoms with Crippen LogP contribution in [0.3, 0.4) is 0 Å². The third kappa shape index (κ3) is 8.96. The molecule has 0 unspecified atom stereocenters. The Morgan fingerprint density at radius 3 is 2.30 bits per heavy atom. The monoisotopic (exact) mass is 381 g/mol. The average Bonchev–Trinajstić information content (AvgIpc) is 2.63. The average molecular weight is 382 g/mol. The molecular weight excluding hydrogens is 346 g/mol. The van der Waals surface area contributed by atoms with E-state index >= 15 is 0 Å². The van der Waals surface area contributed by atoms with E-state index in [1.807, 2.05) is 0 Å². The van der Waals surface area contributed by atoms with Crippen molar-refractivity contribution in [2.75, 3.05) is 56.2 Å². The predicted molar refractivity (Wildman–Crippen MR) is 108 cm³/mol. The Labute approximate surface area is 162 Å². The zero-order valence-corrected chi connectivity index (χ0v) is 17.0. The van der Waals surface area contributed by atoms with Crippen LogP contribution in [0.1, 0.15) is 45.4 Å². The second-order valence-electron chi connectivity index (χ2n) is 6.52. The molecule has 0 fully saturated rings. The quantitative estimate of drug-likeness (QED) is 0.426. The maximum atomic E-state index is 11.3. The molecule has 0 aliphatic rings. The number of hydrogen-bond donors (Lipinski definition) is 2. The van der Waals surface area contributed by atoms with Gasteiger partial charge in [-0.05, 0) is 25.7 Å². The minimum atomic E-state index is -0.419. The number of ether oxygens (including phenoxy) is 1. The molecule has 1 aromatic heterocycles. The molecule has 0 radical (unpaired) electrons. The molecule has 0 bridgehead atoms. The largest absolute Gasteiger partial charge is 0.380 e. The lowest BCUT2D eigenvalue weighted by molar-refractivity contribution is -0.116. The molecule has 0 saturated heterocycles. The molecule has 27 heavy (non-hydrogen) atoms. The molecule has 9 nitrogen and oxygen atoms in total. The number of nitrogens with two attached hydrogens (primary N) is 2. The topological polar surface area (TPSA) is 123 Å². The molecule has 4 N–H and O–H groups in total. The van der Waals surface area contributed by atoms with Crippen LogP contribution in [0.2, 0.25) is 0 Å². The summed E-state index contributed by atoms with van der Waals surface area (Å²) in [6.45, 7) is 7.89. The maximum Gasteiger partial charge on any atom is 0.237 e. The Kier molecular flexibility index (Phi) is 11.3. The number of nitrogens with zero attached hydrogens (tertiary/aromatic N) is 5. The number of aryl methyl sites for hydroxylation is 1. The summed E-state index contributed by atoms with van der Waals surface area (Å²) >= 11 is 0. The predicted octanol–water partition coefficient (Wildman–Crippen LogP) is 0.718. The van der Waals surface area contributed by atoms with Crippen LogP contribution < -0.4 is 21.3 Å². The van der Waals surface area contributed by atoms with Crippen LogP contribution in [0.15, 0.2) is 0 Å². The molecule has 0 aliphatic heterocycles. The molecule has 154 valence electrons. The van der Waals surface area contributed by atoms with Crippen LogP contribution in [-0.2, 0) is 16.0 Å². The minimum Gasteiger partial charge on any atom is -0.380 e. The first-order valence-corrected chi connectivity index (χ1v) is 9.78. The van der Waals surface area contributed by atoms with E-state index < -0.39 is 5.91 Å². The van der Waals surface area contributed by atoms with Crippen molar-refractivity contribution in [1.82, 2.24) is 15.0 Å². The molecule has 1 aromatic rings. The summed E-state index contributed by atoms with van der Waals surface area (Å²) in [5.41, 5.74) is 10.7. The first-order valence-electron chi connectivity index (χ1n) is 9.78. The number of amides is 1. The van der Waals surface area contributed by atoms with Crippen molar-refractivity contribution in [3.8, 4) is 0 Å². The van der Waals surface area contributed by atoms with Gasteiger partial charge in [-0.2, -0.15) is 15.0 Å². The zero-order valence-electron chi connectivity index (χ0n) is 17.0. The van der Waals surface area contributed by atoms with Crippen molar-refractivity contribution in [3.05, 3.63) is 5.82 Å². The van der Waals surface area contributed by atoms with Crippen LogP contribution in [0, 0.1) is 0 Å². The first kappa shape index (κ1) is 23.0. The summed E-state index contributed by atoms with van der Waals surface area (Å²) in [5, 5.41) is 0. The van der Waals surface area contributed by atoms with Crippen molar-refractivity contribution in [2.45, 2.75) is 46.0 Å². The van der Waals surface area contributed by atoms with Gasteiger partial charge in [0.2, 0.25) is 17.8 Å². The van der Waals surface area contributed by atoms with Gasteiger partial charge < -0.3 is 26.0 Å². The Morgan fingerprint density at radius 2 is 1.70 bits per heavy atom. The highest BCUT2D eigenvalue weighted by atomic mass is 16.5. The molecule has 0 saturated carbocycles.